The van der Waals surface area contributed by atoms with Gasteiger partial charge < -0.3 is 5.11 Å². The Labute approximate surface area is 110 Å². The van der Waals surface area contributed by atoms with Crippen LogP contribution >= 0.6 is 0 Å². The zero-order chi connectivity index (χ0) is 14.1. The predicted octanol–water partition coefficient (Wildman–Crippen LogP) is 3.75. The minimum Gasteiger partial charge on any atom is -0.481 e. The number of hydrogen-bond donors (Lipinski definition) is 1. The Bertz CT molecular complexity index is 347. The molecule has 0 bridgehead atoms. The topological polar surface area (TPSA) is 54.4 Å². The molecule has 1 N–H and O–H groups in total. The number of ketones is 1. The first-order valence-electron chi connectivity index (χ1n) is 6.43. The highest BCUT2D eigenvalue weighted by Gasteiger charge is 2.22. The second-order valence-electron chi connectivity index (χ2n) is 4.82. The highest BCUT2D eigenvalue weighted by atomic mass is 16.4. The summed E-state index contributed by atoms with van der Waals surface area (Å²) in [6, 6.07) is 0. The van der Waals surface area contributed by atoms with Crippen molar-refractivity contribution in [2.24, 2.45) is 5.92 Å². The molecule has 18 heavy (non-hydrogen) atoms. The molecule has 0 heterocycles. The quantitative estimate of drug-likeness (QED) is 0.528. The highest BCUT2D eigenvalue weighted by molar-refractivity contribution is 5.98. The fourth-order valence-corrected chi connectivity index (χ4v) is 1.63. The number of hydrogen-bond acceptors (Lipinski definition) is 2. The normalized spacial score (nSPS) is 13.0. The van der Waals surface area contributed by atoms with E-state index in [1.165, 1.54) is 5.57 Å². The summed E-state index contributed by atoms with van der Waals surface area (Å²) in [6.07, 6.45) is 6.50. The van der Waals surface area contributed by atoms with E-state index in [4.69, 9.17) is 5.11 Å². The molecule has 0 fully saturated rings. The number of aliphatic carboxylic acids is 1. The van der Waals surface area contributed by atoms with Gasteiger partial charge in [0.2, 0.25) is 0 Å². The maximum atomic E-state index is 11.4. The van der Waals surface area contributed by atoms with Crippen molar-refractivity contribution >= 4 is 11.8 Å². The summed E-state index contributed by atoms with van der Waals surface area (Å²) < 4.78 is 0. The van der Waals surface area contributed by atoms with Gasteiger partial charge in [0.15, 0.2) is 0 Å². The van der Waals surface area contributed by atoms with Crippen molar-refractivity contribution in [2.75, 3.05) is 0 Å². The van der Waals surface area contributed by atoms with Crippen LogP contribution in [0.5, 0.6) is 0 Å². The monoisotopic (exact) mass is 252 g/mol. The molecule has 0 aliphatic carbocycles. The van der Waals surface area contributed by atoms with E-state index in [0.717, 1.165) is 18.4 Å². The summed E-state index contributed by atoms with van der Waals surface area (Å²) in [5.74, 6) is -2.10. The van der Waals surface area contributed by atoms with Crippen LogP contribution < -0.4 is 0 Å². The molecule has 0 saturated carbocycles. The van der Waals surface area contributed by atoms with E-state index in [9.17, 15) is 9.59 Å². The molecule has 1 atom stereocenters. The molecule has 1 unspecified atom stereocenters. The van der Waals surface area contributed by atoms with Gasteiger partial charge in [0.25, 0.3) is 0 Å². The predicted molar refractivity (Wildman–Crippen MR) is 73.5 cm³/mol. The fraction of sp³-hybridized carbons (Fsp3) is 0.600. The van der Waals surface area contributed by atoms with Crippen molar-refractivity contribution in [1.82, 2.24) is 0 Å². The van der Waals surface area contributed by atoms with Crippen LogP contribution in [0.15, 0.2) is 23.3 Å². The van der Waals surface area contributed by atoms with Crippen LogP contribution in [0.2, 0.25) is 0 Å². The first-order chi connectivity index (χ1) is 8.38. The fourth-order valence-electron chi connectivity index (χ4n) is 1.63. The van der Waals surface area contributed by atoms with Crippen LogP contribution in [0.4, 0.5) is 0 Å². The van der Waals surface area contributed by atoms with E-state index in [2.05, 4.69) is 19.9 Å². The third-order valence-corrected chi connectivity index (χ3v) is 2.83. The Morgan fingerprint density at radius 2 is 1.78 bits per heavy atom. The van der Waals surface area contributed by atoms with E-state index >= 15 is 0 Å². The molecule has 102 valence electrons. The van der Waals surface area contributed by atoms with E-state index < -0.39 is 11.9 Å². The van der Waals surface area contributed by atoms with Crippen LogP contribution in [-0.4, -0.2) is 16.9 Å². The molecule has 0 aromatic carbocycles. The number of carbonyl (C=O) groups excluding carboxylic acids is 1. The van der Waals surface area contributed by atoms with Crippen molar-refractivity contribution in [2.45, 2.75) is 53.4 Å². The SMILES string of the molecule is CCC(=O)C(CC=C(C)CCC=C(C)C)C(=O)O. The molecule has 0 saturated heterocycles. The second kappa shape index (κ2) is 8.67. The van der Waals surface area contributed by atoms with E-state index in [1.54, 1.807) is 6.92 Å². The zero-order valence-electron chi connectivity index (χ0n) is 11.8. The number of carboxylic acid groups (broad SMARTS) is 1. The molecule has 0 aromatic heterocycles. The number of allylic oxidation sites excluding steroid dienone is 4. The first-order valence-corrected chi connectivity index (χ1v) is 6.43. The van der Waals surface area contributed by atoms with Gasteiger partial charge in [0, 0.05) is 6.42 Å². The smallest absolute Gasteiger partial charge is 0.314 e. The molecule has 0 amide bonds. The molecule has 3 heteroatoms. The van der Waals surface area contributed by atoms with Crippen molar-refractivity contribution in [3.63, 3.8) is 0 Å². The molecule has 0 radical (unpaired) electrons. The average Bonchev–Trinajstić information content (AvgIpc) is 2.27. The average molecular weight is 252 g/mol. The zero-order valence-corrected chi connectivity index (χ0v) is 11.8. The molecule has 3 nitrogen and oxygen atoms in total. The number of rotatable bonds is 8. The van der Waals surface area contributed by atoms with Gasteiger partial charge in [-0.3, -0.25) is 9.59 Å². The molecule has 0 aliphatic heterocycles. The molecule has 0 aromatic rings. The van der Waals surface area contributed by atoms with Crippen LogP contribution in [-0.2, 0) is 9.59 Å². The molecule has 0 rings (SSSR count). The molecular formula is C15H24O3. The van der Waals surface area contributed by atoms with Gasteiger partial charge in [0.05, 0.1) is 0 Å². The van der Waals surface area contributed by atoms with Gasteiger partial charge in [-0.2, -0.15) is 0 Å². The minimum atomic E-state index is -1.02. The Morgan fingerprint density at radius 1 is 1.17 bits per heavy atom. The lowest BCUT2D eigenvalue weighted by Crippen LogP contribution is -2.22. The van der Waals surface area contributed by atoms with Gasteiger partial charge in [-0.05, 0) is 40.0 Å². The highest BCUT2D eigenvalue weighted by Crippen LogP contribution is 2.13. The maximum Gasteiger partial charge on any atom is 0.314 e. The van der Waals surface area contributed by atoms with Gasteiger partial charge in [-0.15, -0.1) is 0 Å². The summed E-state index contributed by atoms with van der Waals surface area (Å²) in [5, 5.41) is 8.98. The summed E-state index contributed by atoms with van der Waals surface area (Å²) in [7, 11) is 0. The van der Waals surface area contributed by atoms with Crippen LogP contribution in [0.25, 0.3) is 0 Å². The van der Waals surface area contributed by atoms with Gasteiger partial charge >= 0.3 is 5.97 Å². The Balaban J connectivity index is 4.36. The summed E-state index contributed by atoms with van der Waals surface area (Å²) in [4.78, 5) is 22.4. The molecule has 0 spiro atoms. The van der Waals surface area contributed by atoms with E-state index in [1.807, 2.05) is 13.0 Å². The lowest BCUT2D eigenvalue weighted by atomic mass is 9.96. The lowest BCUT2D eigenvalue weighted by molar-refractivity contribution is -0.146. The van der Waals surface area contributed by atoms with Gasteiger partial charge in [0.1, 0.15) is 11.7 Å². The minimum absolute atomic E-state index is 0.198. The van der Waals surface area contributed by atoms with E-state index in [0.29, 0.717) is 6.42 Å². The summed E-state index contributed by atoms with van der Waals surface area (Å²) in [5.41, 5.74) is 2.43. The van der Waals surface area contributed by atoms with Crippen LogP contribution in [0.1, 0.15) is 53.4 Å². The summed E-state index contributed by atoms with van der Waals surface area (Å²) >= 11 is 0. The summed E-state index contributed by atoms with van der Waals surface area (Å²) in [6.45, 7) is 7.79. The number of carbonyl (C=O) groups is 2. The molecular weight excluding hydrogens is 228 g/mol. The standard InChI is InChI=1S/C15H24O3/c1-5-14(16)13(15(17)18)10-9-12(4)8-6-7-11(2)3/h7,9,13H,5-6,8,10H2,1-4H3,(H,17,18). The van der Waals surface area contributed by atoms with Crippen molar-refractivity contribution < 1.29 is 14.7 Å². The largest absolute Gasteiger partial charge is 0.481 e. The Morgan fingerprint density at radius 3 is 2.22 bits per heavy atom. The lowest BCUT2D eigenvalue weighted by Gasteiger charge is -2.08. The van der Waals surface area contributed by atoms with Crippen LogP contribution in [0, 0.1) is 5.92 Å². The van der Waals surface area contributed by atoms with Crippen molar-refractivity contribution in [3.8, 4) is 0 Å². The number of Topliss-reactive ketones (excluding diaryl/α,β-unsaturated/α-hetero) is 1. The van der Waals surface area contributed by atoms with Crippen molar-refractivity contribution in [1.29, 1.82) is 0 Å². The van der Waals surface area contributed by atoms with Gasteiger partial charge in [-0.25, -0.2) is 0 Å². The third kappa shape index (κ3) is 7.05. The first kappa shape index (κ1) is 16.6. The van der Waals surface area contributed by atoms with Crippen molar-refractivity contribution in [3.05, 3.63) is 23.3 Å². The third-order valence-electron chi connectivity index (χ3n) is 2.83. The van der Waals surface area contributed by atoms with E-state index in [-0.39, 0.29) is 12.2 Å². The molecule has 0 aliphatic rings. The van der Waals surface area contributed by atoms with Crippen LogP contribution in [0.3, 0.4) is 0 Å². The van der Waals surface area contributed by atoms with Gasteiger partial charge in [-0.1, -0.05) is 30.2 Å². The Kier molecular flexibility index (Phi) is 8.01. The second-order valence-corrected chi connectivity index (χ2v) is 4.82. The maximum absolute atomic E-state index is 11.4. The Hall–Kier alpha value is -1.38. The number of carboxylic acids is 1.